The normalized spacial score (nSPS) is 12.7. The van der Waals surface area contributed by atoms with Crippen molar-refractivity contribution < 1.29 is 9.90 Å². The SMILES string of the molecule is CCCCCCCCCCCCCCCCCCCCC/C=C/C=C/C=C/C=C/C=C/C=C/C(=O)O. The molecule has 0 heterocycles. The summed E-state index contributed by atoms with van der Waals surface area (Å²) in [5.74, 6) is -0.933. The molecule has 0 amide bonds. The molecule has 0 atom stereocenters. The Morgan fingerprint density at radius 2 is 0.750 bits per heavy atom. The summed E-state index contributed by atoms with van der Waals surface area (Å²) in [7, 11) is 0. The van der Waals surface area contributed by atoms with Crippen molar-refractivity contribution in [3.63, 3.8) is 0 Å². The van der Waals surface area contributed by atoms with Crippen LogP contribution in [0.5, 0.6) is 0 Å². The Kier molecular flexibility index (Phi) is 29.1. The highest BCUT2D eigenvalue weighted by Crippen LogP contribution is 2.14. The zero-order valence-electron chi connectivity index (χ0n) is 23.4. The Morgan fingerprint density at radius 3 is 1.11 bits per heavy atom. The highest BCUT2D eigenvalue weighted by atomic mass is 16.4. The fourth-order valence-corrected chi connectivity index (χ4v) is 4.17. The molecule has 0 radical (unpaired) electrons. The fraction of sp³-hybridized carbons (Fsp3) is 0.618. The van der Waals surface area contributed by atoms with Gasteiger partial charge in [-0.2, -0.15) is 0 Å². The summed E-state index contributed by atoms with van der Waals surface area (Å²) >= 11 is 0. The van der Waals surface area contributed by atoms with Crippen molar-refractivity contribution in [1.82, 2.24) is 0 Å². The van der Waals surface area contributed by atoms with Crippen LogP contribution in [0.2, 0.25) is 0 Å². The Hall–Kier alpha value is -2.09. The molecule has 0 aliphatic rings. The predicted molar refractivity (Wildman–Crippen MR) is 160 cm³/mol. The third-order valence-electron chi connectivity index (χ3n) is 6.35. The van der Waals surface area contributed by atoms with E-state index in [1.165, 1.54) is 134 Å². The van der Waals surface area contributed by atoms with Gasteiger partial charge in [-0.25, -0.2) is 4.79 Å². The molecule has 0 rings (SSSR count). The maximum atomic E-state index is 10.3. The molecule has 0 saturated heterocycles. The molecule has 0 fully saturated rings. The van der Waals surface area contributed by atoms with Gasteiger partial charge in [0.15, 0.2) is 0 Å². The molecule has 0 aliphatic heterocycles. The molecule has 0 aromatic carbocycles. The molecule has 2 heteroatoms. The molecule has 0 aliphatic carbocycles. The van der Waals surface area contributed by atoms with Crippen LogP contribution < -0.4 is 0 Å². The second kappa shape index (κ2) is 30.9. The van der Waals surface area contributed by atoms with E-state index in [-0.39, 0.29) is 0 Å². The van der Waals surface area contributed by atoms with Crippen LogP contribution >= 0.6 is 0 Å². The molecule has 204 valence electrons. The molecule has 0 bridgehead atoms. The van der Waals surface area contributed by atoms with Crippen LogP contribution in [0.4, 0.5) is 0 Å². The van der Waals surface area contributed by atoms with Gasteiger partial charge >= 0.3 is 5.97 Å². The lowest BCUT2D eigenvalue weighted by atomic mass is 10.0. The highest BCUT2D eigenvalue weighted by molar-refractivity contribution is 5.80. The van der Waals surface area contributed by atoms with Gasteiger partial charge < -0.3 is 5.11 Å². The first kappa shape index (κ1) is 33.9. The average molecular weight is 497 g/mol. The van der Waals surface area contributed by atoms with Gasteiger partial charge in [-0.1, -0.05) is 189 Å². The Morgan fingerprint density at radius 1 is 0.444 bits per heavy atom. The summed E-state index contributed by atoms with van der Waals surface area (Å²) < 4.78 is 0. The molecule has 0 saturated carbocycles. The van der Waals surface area contributed by atoms with E-state index < -0.39 is 5.97 Å². The summed E-state index contributed by atoms with van der Waals surface area (Å²) in [5.41, 5.74) is 0. The zero-order valence-corrected chi connectivity index (χ0v) is 23.4. The van der Waals surface area contributed by atoms with E-state index in [2.05, 4.69) is 25.2 Å². The number of unbranched alkanes of at least 4 members (excludes halogenated alkanes) is 19. The minimum atomic E-state index is -0.933. The lowest BCUT2D eigenvalue weighted by molar-refractivity contribution is -0.131. The van der Waals surface area contributed by atoms with Gasteiger partial charge in [-0.05, 0) is 12.8 Å². The molecular weight excluding hydrogens is 440 g/mol. The zero-order chi connectivity index (χ0) is 26.2. The van der Waals surface area contributed by atoms with Crippen molar-refractivity contribution in [3.8, 4) is 0 Å². The monoisotopic (exact) mass is 496 g/mol. The number of carbonyl (C=O) groups is 1. The first-order valence-corrected chi connectivity index (χ1v) is 15.0. The van der Waals surface area contributed by atoms with Crippen LogP contribution in [0, 0.1) is 0 Å². The maximum absolute atomic E-state index is 10.3. The summed E-state index contributed by atoms with van der Waals surface area (Å²) in [6, 6.07) is 0. The van der Waals surface area contributed by atoms with Crippen LogP contribution in [-0.2, 0) is 4.79 Å². The van der Waals surface area contributed by atoms with Crippen molar-refractivity contribution in [2.24, 2.45) is 0 Å². The van der Waals surface area contributed by atoms with Gasteiger partial charge in [-0.15, -0.1) is 0 Å². The van der Waals surface area contributed by atoms with E-state index in [1.54, 1.807) is 12.2 Å². The van der Waals surface area contributed by atoms with Crippen LogP contribution in [0.3, 0.4) is 0 Å². The molecule has 1 N–H and O–H groups in total. The van der Waals surface area contributed by atoms with Crippen LogP contribution in [-0.4, -0.2) is 11.1 Å². The Bertz CT molecular complexity index is 634. The average Bonchev–Trinajstić information content (AvgIpc) is 2.87. The van der Waals surface area contributed by atoms with E-state index in [0.29, 0.717) is 0 Å². The van der Waals surface area contributed by atoms with Crippen molar-refractivity contribution >= 4 is 5.97 Å². The number of carboxylic acids is 1. The number of aliphatic carboxylic acids is 1. The highest BCUT2D eigenvalue weighted by Gasteiger charge is 1.95. The van der Waals surface area contributed by atoms with Crippen LogP contribution in [0.15, 0.2) is 72.9 Å². The molecule has 0 aromatic heterocycles. The first-order valence-electron chi connectivity index (χ1n) is 15.0. The van der Waals surface area contributed by atoms with E-state index >= 15 is 0 Å². The van der Waals surface area contributed by atoms with Crippen molar-refractivity contribution in [2.45, 2.75) is 135 Å². The van der Waals surface area contributed by atoms with Gasteiger partial charge in [0.1, 0.15) is 0 Å². The molecule has 36 heavy (non-hydrogen) atoms. The number of rotatable bonds is 26. The van der Waals surface area contributed by atoms with Gasteiger partial charge in [0.2, 0.25) is 0 Å². The van der Waals surface area contributed by atoms with Gasteiger partial charge in [0, 0.05) is 6.08 Å². The standard InChI is InChI=1S/C34H56O2/c1-2-3-4-5-6-7-8-9-10-11-12-13-14-15-16-17-18-19-20-21-22-23-24-25-26-27-28-29-30-31-32-33-34(35)36/h22-33H,2-21H2,1H3,(H,35,36)/b23-22+,25-24+,27-26+,29-28+,31-30+,33-32+. The Labute approximate surface area is 224 Å². The number of allylic oxidation sites excluding steroid dienone is 11. The van der Waals surface area contributed by atoms with Gasteiger partial charge in [0.25, 0.3) is 0 Å². The Balaban J connectivity index is 3.31. The lowest BCUT2D eigenvalue weighted by Crippen LogP contribution is -1.84. The quantitative estimate of drug-likeness (QED) is 0.0734. The minimum absolute atomic E-state index is 0.933. The second-order valence-electron chi connectivity index (χ2n) is 9.82. The molecule has 2 nitrogen and oxygen atoms in total. The van der Waals surface area contributed by atoms with E-state index in [4.69, 9.17) is 5.11 Å². The molecular formula is C34H56O2. The molecule has 0 unspecified atom stereocenters. The van der Waals surface area contributed by atoms with E-state index in [0.717, 1.165) is 6.08 Å². The van der Waals surface area contributed by atoms with Gasteiger partial charge in [-0.3, -0.25) is 0 Å². The second-order valence-corrected chi connectivity index (χ2v) is 9.82. The van der Waals surface area contributed by atoms with Crippen molar-refractivity contribution in [1.29, 1.82) is 0 Å². The largest absolute Gasteiger partial charge is 0.478 e. The molecule has 0 aromatic rings. The predicted octanol–water partition coefficient (Wildman–Crippen LogP) is 11.2. The smallest absolute Gasteiger partial charge is 0.328 e. The third kappa shape index (κ3) is 31.9. The van der Waals surface area contributed by atoms with E-state index in [9.17, 15) is 4.79 Å². The molecule has 0 spiro atoms. The summed E-state index contributed by atoms with van der Waals surface area (Å²) in [6.07, 6.45) is 50.6. The topological polar surface area (TPSA) is 37.3 Å². The van der Waals surface area contributed by atoms with Crippen molar-refractivity contribution in [3.05, 3.63) is 72.9 Å². The summed E-state index contributed by atoms with van der Waals surface area (Å²) in [5, 5.41) is 8.46. The van der Waals surface area contributed by atoms with Crippen LogP contribution in [0.1, 0.15) is 135 Å². The number of carboxylic acid groups (broad SMARTS) is 1. The first-order chi connectivity index (χ1) is 17.8. The summed E-state index contributed by atoms with van der Waals surface area (Å²) in [4.78, 5) is 10.3. The number of hydrogen-bond donors (Lipinski definition) is 1. The summed E-state index contributed by atoms with van der Waals surface area (Å²) in [6.45, 7) is 2.29. The van der Waals surface area contributed by atoms with E-state index in [1.807, 2.05) is 30.4 Å². The van der Waals surface area contributed by atoms with Crippen molar-refractivity contribution in [2.75, 3.05) is 0 Å². The lowest BCUT2D eigenvalue weighted by Gasteiger charge is -2.03. The maximum Gasteiger partial charge on any atom is 0.328 e. The fourth-order valence-electron chi connectivity index (χ4n) is 4.17. The van der Waals surface area contributed by atoms with Gasteiger partial charge in [0.05, 0.1) is 0 Å². The number of hydrogen-bond acceptors (Lipinski definition) is 1. The van der Waals surface area contributed by atoms with Crippen LogP contribution in [0.25, 0.3) is 0 Å². The minimum Gasteiger partial charge on any atom is -0.478 e. The third-order valence-corrected chi connectivity index (χ3v) is 6.35.